The second kappa shape index (κ2) is 6.23. The maximum atomic E-state index is 13.4. The van der Waals surface area contributed by atoms with Gasteiger partial charge in [-0.05, 0) is 30.2 Å². The third kappa shape index (κ3) is 3.22. The second-order valence-corrected chi connectivity index (χ2v) is 5.73. The van der Waals surface area contributed by atoms with Crippen LogP contribution in [0.2, 0.25) is 0 Å². The van der Waals surface area contributed by atoms with Gasteiger partial charge in [-0.25, -0.2) is 4.79 Å². The van der Waals surface area contributed by atoms with Crippen molar-refractivity contribution in [2.75, 3.05) is 11.4 Å². The molecule has 0 unspecified atom stereocenters. The summed E-state index contributed by atoms with van der Waals surface area (Å²) in [7, 11) is 0. The Bertz CT molecular complexity index is 846. The minimum Gasteiger partial charge on any atom is -0.478 e. The van der Waals surface area contributed by atoms with Crippen LogP contribution in [0.5, 0.6) is 0 Å². The molecule has 7 heteroatoms. The Balaban J connectivity index is 2.23. The molecule has 2 aromatic carbocycles. The van der Waals surface area contributed by atoms with Crippen LogP contribution in [-0.4, -0.2) is 23.5 Å². The third-order valence-corrected chi connectivity index (χ3v) is 4.13. The molecule has 1 N–H and O–H groups in total. The molecule has 0 spiro atoms. The Labute approximate surface area is 141 Å². The van der Waals surface area contributed by atoms with Gasteiger partial charge in [0.25, 0.3) is 0 Å². The number of hydrogen-bond donors (Lipinski definition) is 1. The van der Waals surface area contributed by atoms with Gasteiger partial charge in [0.15, 0.2) is 0 Å². The summed E-state index contributed by atoms with van der Waals surface area (Å²) in [5.74, 6) is -1.43. The summed E-state index contributed by atoms with van der Waals surface area (Å²) in [5, 5.41) is 9.18. The number of carbonyl (C=O) groups excluding carboxylic acids is 1. The predicted octanol–water partition coefficient (Wildman–Crippen LogP) is 4.20. The zero-order valence-corrected chi connectivity index (χ0v) is 13.0. The van der Waals surface area contributed by atoms with Gasteiger partial charge in [0.2, 0.25) is 5.91 Å². The molecule has 2 aromatic rings. The first kappa shape index (κ1) is 17.0. The van der Waals surface area contributed by atoms with E-state index < -0.39 is 17.7 Å². The van der Waals surface area contributed by atoms with Crippen LogP contribution in [0.3, 0.4) is 0 Å². The van der Waals surface area contributed by atoms with Crippen molar-refractivity contribution in [3.63, 3.8) is 0 Å². The van der Waals surface area contributed by atoms with Crippen LogP contribution >= 0.6 is 0 Å². The van der Waals surface area contributed by atoms with Crippen molar-refractivity contribution < 1.29 is 27.9 Å². The first-order valence-electron chi connectivity index (χ1n) is 7.63. The van der Waals surface area contributed by atoms with E-state index in [2.05, 4.69) is 0 Å². The van der Waals surface area contributed by atoms with Crippen molar-refractivity contribution in [3.05, 3.63) is 53.6 Å². The Morgan fingerprint density at radius 2 is 1.80 bits per heavy atom. The van der Waals surface area contributed by atoms with Crippen LogP contribution in [-0.2, 0) is 11.0 Å². The monoisotopic (exact) mass is 349 g/mol. The van der Waals surface area contributed by atoms with Crippen molar-refractivity contribution in [2.24, 2.45) is 0 Å². The van der Waals surface area contributed by atoms with E-state index in [1.165, 1.54) is 41.3 Å². The highest BCUT2D eigenvalue weighted by atomic mass is 19.4. The average Bonchev–Trinajstić information content (AvgIpc) is 2.99. The summed E-state index contributed by atoms with van der Waals surface area (Å²) in [5.41, 5.74) is -0.608. The van der Waals surface area contributed by atoms with Crippen molar-refractivity contribution >= 4 is 17.6 Å². The standard InChI is InChI=1S/C18H14F3NO3/c19-18(20,21)14-5-2-1-4-12(14)13-8-7-11(17(24)25)10-15(13)22-9-3-6-16(22)23/h1-2,4-5,7-8,10H,3,6,9H2,(H,24,25). The quantitative estimate of drug-likeness (QED) is 0.904. The van der Waals surface area contributed by atoms with E-state index in [0.717, 1.165) is 6.07 Å². The number of hydrogen-bond acceptors (Lipinski definition) is 2. The fourth-order valence-corrected chi connectivity index (χ4v) is 2.98. The molecule has 0 radical (unpaired) electrons. The predicted molar refractivity (Wildman–Crippen MR) is 85.4 cm³/mol. The van der Waals surface area contributed by atoms with Crippen LogP contribution in [0.15, 0.2) is 42.5 Å². The van der Waals surface area contributed by atoms with Crippen LogP contribution < -0.4 is 4.90 Å². The van der Waals surface area contributed by atoms with E-state index in [1.54, 1.807) is 0 Å². The maximum Gasteiger partial charge on any atom is 0.417 e. The molecule has 0 saturated carbocycles. The molecule has 0 bridgehead atoms. The number of carboxylic acid groups (broad SMARTS) is 1. The van der Waals surface area contributed by atoms with Gasteiger partial charge in [-0.1, -0.05) is 24.3 Å². The number of anilines is 1. The Hall–Kier alpha value is -2.83. The van der Waals surface area contributed by atoms with Gasteiger partial charge in [-0.3, -0.25) is 4.79 Å². The SMILES string of the molecule is O=C(O)c1ccc(-c2ccccc2C(F)(F)F)c(N2CCCC2=O)c1. The minimum absolute atomic E-state index is 0.0806. The molecule has 130 valence electrons. The van der Waals surface area contributed by atoms with Crippen molar-refractivity contribution in [1.82, 2.24) is 0 Å². The van der Waals surface area contributed by atoms with Crippen LogP contribution in [0.4, 0.5) is 18.9 Å². The highest BCUT2D eigenvalue weighted by molar-refractivity contribution is 6.01. The van der Waals surface area contributed by atoms with Gasteiger partial charge in [0, 0.05) is 18.5 Å². The van der Waals surface area contributed by atoms with E-state index in [-0.39, 0.29) is 34.7 Å². The molecular weight excluding hydrogens is 335 g/mol. The smallest absolute Gasteiger partial charge is 0.417 e. The fraction of sp³-hybridized carbons (Fsp3) is 0.222. The molecule has 1 fully saturated rings. The third-order valence-electron chi connectivity index (χ3n) is 4.13. The Kier molecular flexibility index (Phi) is 4.24. The molecule has 25 heavy (non-hydrogen) atoms. The lowest BCUT2D eigenvalue weighted by Crippen LogP contribution is -2.25. The van der Waals surface area contributed by atoms with Gasteiger partial charge in [-0.2, -0.15) is 13.2 Å². The largest absolute Gasteiger partial charge is 0.478 e. The summed E-state index contributed by atoms with van der Waals surface area (Å²) >= 11 is 0. The second-order valence-electron chi connectivity index (χ2n) is 5.73. The number of aromatic carboxylic acids is 1. The van der Waals surface area contributed by atoms with Crippen LogP contribution in [0.25, 0.3) is 11.1 Å². The molecular formula is C18H14F3NO3. The summed E-state index contributed by atoms with van der Waals surface area (Å²) in [4.78, 5) is 24.7. The number of nitrogens with zero attached hydrogens (tertiary/aromatic N) is 1. The topological polar surface area (TPSA) is 57.6 Å². The number of carbonyl (C=O) groups is 2. The average molecular weight is 349 g/mol. The first-order chi connectivity index (χ1) is 11.8. The summed E-state index contributed by atoms with van der Waals surface area (Å²) in [6.45, 7) is 0.350. The van der Waals surface area contributed by atoms with E-state index in [1.807, 2.05) is 0 Å². The minimum atomic E-state index is -4.56. The van der Waals surface area contributed by atoms with Gasteiger partial charge >= 0.3 is 12.1 Å². The Morgan fingerprint density at radius 1 is 1.08 bits per heavy atom. The van der Waals surface area contributed by atoms with Gasteiger partial charge < -0.3 is 10.0 Å². The summed E-state index contributed by atoms with van der Waals surface area (Å²) in [6.07, 6.45) is -3.69. The van der Waals surface area contributed by atoms with Crippen LogP contribution in [0, 0.1) is 0 Å². The number of rotatable bonds is 3. The highest BCUT2D eigenvalue weighted by Crippen LogP contribution is 2.41. The fourth-order valence-electron chi connectivity index (χ4n) is 2.98. The zero-order valence-electron chi connectivity index (χ0n) is 13.0. The molecule has 1 amide bonds. The number of amides is 1. The van der Waals surface area contributed by atoms with E-state index in [4.69, 9.17) is 0 Å². The molecule has 3 rings (SSSR count). The van der Waals surface area contributed by atoms with Crippen LogP contribution in [0.1, 0.15) is 28.8 Å². The molecule has 0 atom stereocenters. The number of benzene rings is 2. The highest BCUT2D eigenvalue weighted by Gasteiger charge is 2.35. The van der Waals surface area contributed by atoms with Crippen molar-refractivity contribution in [3.8, 4) is 11.1 Å². The molecule has 1 aliphatic rings. The number of carboxylic acids is 1. The molecule has 4 nitrogen and oxygen atoms in total. The maximum absolute atomic E-state index is 13.4. The van der Waals surface area contributed by atoms with E-state index >= 15 is 0 Å². The summed E-state index contributed by atoms with van der Waals surface area (Å²) in [6, 6.07) is 8.89. The lowest BCUT2D eigenvalue weighted by atomic mass is 9.96. The molecule has 1 saturated heterocycles. The normalized spacial score (nSPS) is 14.8. The van der Waals surface area contributed by atoms with Crippen molar-refractivity contribution in [2.45, 2.75) is 19.0 Å². The number of alkyl halides is 3. The zero-order chi connectivity index (χ0) is 18.2. The van der Waals surface area contributed by atoms with Gasteiger partial charge in [0.1, 0.15) is 0 Å². The molecule has 1 aliphatic heterocycles. The molecule has 0 aromatic heterocycles. The molecule has 1 heterocycles. The van der Waals surface area contributed by atoms with Gasteiger partial charge in [0.05, 0.1) is 16.8 Å². The lowest BCUT2D eigenvalue weighted by Gasteiger charge is -2.22. The number of halogens is 3. The van der Waals surface area contributed by atoms with E-state index in [9.17, 15) is 27.9 Å². The Morgan fingerprint density at radius 3 is 2.40 bits per heavy atom. The lowest BCUT2D eigenvalue weighted by molar-refractivity contribution is -0.137. The molecule has 0 aliphatic carbocycles. The summed E-state index contributed by atoms with van der Waals surface area (Å²) < 4.78 is 40.1. The van der Waals surface area contributed by atoms with Crippen molar-refractivity contribution in [1.29, 1.82) is 0 Å². The van der Waals surface area contributed by atoms with Gasteiger partial charge in [-0.15, -0.1) is 0 Å². The van der Waals surface area contributed by atoms with E-state index in [0.29, 0.717) is 13.0 Å². The first-order valence-corrected chi connectivity index (χ1v) is 7.63.